The van der Waals surface area contributed by atoms with Crippen molar-refractivity contribution in [2.24, 2.45) is 0 Å². The second-order valence-corrected chi connectivity index (χ2v) is 19.7. The summed E-state index contributed by atoms with van der Waals surface area (Å²) in [6.45, 7) is 20.0. The summed E-state index contributed by atoms with van der Waals surface area (Å²) in [5.41, 5.74) is 7.24. The standard InChI is InChI=1S/C56H69ClN8O6/c1-12-55(6,7)39-18-25-49(44(34-39)56(8,9)13-2)71-29-26-50(68)58-41-17-15-16-38(33-41)53(69)60-52-47(35-64(61-52)51-45(57)30-36(4)31-48(51)67)65(54(70)59-40-19-21-42(22-20-40)62(10)11)46-24-23-43(32-37(46)5)63(14-3)27-28-66/h15-25,30-35,66-67H,12-14,26-29H2,1-11H3,(H,58,68)(H,59,70)(H,60,61,69). The lowest BCUT2D eigenvalue weighted by Crippen LogP contribution is -2.32. The maximum Gasteiger partial charge on any atom is 0.331 e. The number of phenols is 1. The van der Waals surface area contributed by atoms with Crippen molar-refractivity contribution in [2.75, 3.05) is 71.0 Å². The van der Waals surface area contributed by atoms with Crippen molar-refractivity contribution >= 4 is 69.4 Å². The highest BCUT2D eigenvalue weighted by Gasteiger charge is 2.30. The molecular weight excluding hydrogens is 916 g/mol. The molecule has 0 fully saturated rings. The molecule has 14 nitrogen and oxygen atoms in total. The zero-order valence-corrected chi connectivity index (χ0v) is 43.7. The summed E-state index contributed by atoms with van der Waals surface area (Å²) in [7, 11) is 3.85. The van der Waals surface area contributed by atoms with Gasteiger partial charge in [-0.05, 0) is 140 Å². The van der Waals surface area contributed by atoms with Crippen molar-refractivity contribution in [3.8, 4) is 17.2 Å². The molecule has 0 aliphatic heterocycles. The van der Waals surface area contributed by atoms with E-state index >= 15 is 0 Å². The fourth-order valence-corrected chi connectivity index (χ4v) is 8.47. The SMILES string of the molecule is CCN(CCO)c1ccc(N(C(=O)Nc2ccc(N(C)C)cc2)c2cn(-c3c(O)cc(C)cc3Cl)nc2NC(=O)c2cccc(NC(=O)CCOc3ccc(C(C)(C)CC)cc3C(C)(C)CC)c2)c(C)c1. The molecule has 4 amide bonds. The number of urea groups is 1. The smallest absolute Gasteiger partial charge is 0.331 e. The van der Waals surface area contributed by atoms with Crippen LogP contribution in [0.15, 0.2) is 103 Å². The Labute approximate surface area is 423 Å². The number of amides is 4. The molecule has 0 atom stereocenters. The van der Waals surface area contributed by atoms with Gasteiger partial charge in [0.05, 0.1) is 36.5 Å². The molecule has 0 bridgehead atoms. The monoisotopic (exact) mass is 985 g/mol. The Morgan fingerprint density at radius 3 is 2.13 bits per heavy atom. The van der Waals surface area contributed by atoms with Crippen LogP contribution in [0.3, 0.4) is 0 Å². The number of aliphatic hydroxyl groups excluding tert-OH is 1. The largest absolute Gasteiger partial charge is 0.506 e. The Morgan fingerprint density at radius 2 is 1.49 bits per heavy atom. The Kier molecular flexibility index (Phi) is 17.1. The third kappa shape index (κ3) is 12.7. The van der Waals surface area contributed by atoms with E-state index in [9.17, 15) is 24.6 Å². The number of nitrogens with one attached hydrogen (secondary N) is 3. The summed E-state index contributed by atoms with van der Waals surface area (Å²) in [5.74, 6) is -0.340. The Balaban J connectivity index is 1.32. The molecule has 0 saturated carbocycles. The molecular formula is C56H69ClN8O6. The first-order chi connectivity index (χ1) is 33.7. The van der Waals surface area contributed by atoms with Crippen molar-refractivity contribution in [2.45, 2.75) is 92.4 Å². The van der Waals surface area contributed by atoms with Crippen LogP contribution in [0.4, 0.5) is 44.7 Å². The van der Waals surface area contributed by atoms with Gasteiger partial charge in [0.2, 0.25) is 5.91 Å². The average molecular weight is 986 g/mol. The summed E-state index contributed by atoms with van der Waals surface area (Å²) in [6, 6.07) is 28.4. The van der Waals surface area contributed by atoms with Crippen LogP contribution in [-0.2, 0) is 15.6 Å². The molecule has 0 spiro atoms. The molecule has 1 heterocycles. The first-order valence-electron chi connectivity index (χ1n) is 24.1. The molecule has 0 unspecified atom stereocenters. The van der Waals surface area contributed by atoms with Crippen LogP contribution in [0.25, 0.3) is 5.69 Å². The van der Waals surface area contributed by atoms with E-state index in [0.29, 0.717) is 41.3 Å². The van der Waals surface area contributed by atoms with E-state index in [1.54, 1.807) is 61.5 Å². The molecule has 15 heteroatoms. The summed E-state index contributed by atoms with van der Waals surface area (Å²) in [5, 5.41) is 34.8. The fourth-order valence-electron chi connectivity index (χ4n) is 8.12. The molecule has 71 heavy (non-hydrogen) atoms. The van der Waals surface area contributed by atoms with E-state index < -0.39 is 11.9 Å². The van der Waals surface area contributed by atoms with Gasteiger partial charge in [0.15, 0.2) is 5.82 Å². The number of nitrogens with zero attached hydrogens (tertiary/aromatic N) is 5. The van der Waals surface area contributed by atoms with Gasteiger partial charge in [0, 0.05) is 61.1 Å². The fraction of sp³-hybridized carbons (Fsp3) is 0.357. The number of carbonyl (C=O) groups excluding carboxylic acids is 3. The number of aliphatic hydroxyl groups is 1. The van der Waals surface area contributed by atoms with Gasteiger partial charge in [0.25, 0.3) is 5.91 Å². The van der Waals surface area contributed by atoms with Crippen molar-refractivity contribution in [3.05, 3.63) is 136 Å². The number of benzene rings is 5. The number of ether oxygens (including phenoxy) is 1. The number of likely N-dealkylation sites (N-methyl/N-ethyl adjacent to an activating group) is 1. The van der Waals surface area contributed by atoms with E-state index in [4.69, 9.17) is 21.4 Å². The Hall–Kier alpha value is -7.03. The number of carbonyl (C=O) groups is 3. The maximum absolute atomic E-state index is 14.8. The van der Waals surface area contributed by atoms with Gasteiger partial charge >= 0.3 is 6.03 Å². The van der Waals surface area contributed by atoms with Gasteiger partial charge in [-0.25, -0.2) is 9.48 Å². The molecule has 0 radical (unpaired) electrons. The molecule has 0 aliphatic rings. The molecule has 6 rings (SSSR count). The van der Waals surface area contributed by atoms with Crippen LogP contribution in [0.5, 0.6) is 11.5 Å². The summed E-state index contributed by atoms with van der Waals surface area (Å²) in [4.78, 5) is 47.9. The van der Waals surface area contributed by atoms with Crippen LogP contribution >= 0.6 is 11.6 Å². The molecule has 0 saturated heterocycles. The van der Waals surface area contributed by atoms with Crippen molar-refractivity contribution < 1.29 is 29.3 Å². The highest BCUT2D eigenvalue weighted by Crippen LogP contribution is 2.41. The lowest BCUT2D eigenvalue weighted by molar-refractivity contribution is -0.116. The van der Waals surface area contributed by atoms with Crippen molar-refractivity contribution in [1.29, 1.82) is 0 Å². The molecule has 0 aliphatic carbocycles. The first kappa shape index (κ1) is 53.3. The number of rotatable bonds is 20. The van der Waals surface area contributed by atoms with Crippen molar-refractivity contribution in [3.63, 3.8) is 0 Å². The second kappa shape index (κ2) is 22.8. The normalized spacial score (nSPS) is 11.5. The number of hydrogen-bond acceptors (Lipinski definition) is 9. The molecule has 1 aromatic heterocycles. The van der Waals surface area contributed by atoms with Crippen LogP contribution in [0, 0.1) is 13.8 Å². The number of hydrogen-bond donors (Lipinski definition) is 5. The van der Waals surface area contributed by atoms with Crippen LogP contribution in [0.1, 0.15) is 100 Å². The highest BCUT2D eigenvalue weighted by atomic mass is 35.5. The Morgan fingerprint density at radius 1 is 0.789 bits per heavy atom. The number of aromatic hydroxyl groups is 1. The van der Waals surface area contributed by atoms with E-state index in [1.165, 1.54) is 21.3 Å². The zero-order valence-electron chi connectivity index (χ0n) is 42.9. The second-order valence-electron chi connectivity index (χ2n) is 19.3. The highest BCUT2D eigenvalue weighted by molar-refractivity contribution is 6.32. The molecule has 376 valence electrons. The predicted molar refractivity (Wildman–Crippen MR) is 289 cm³/mol. The van der Waals surface area contributed by atoms with Crippen LogP contribution in [0.2, 0.25) is 5.02 Å². The lowest BCUT2D eigenvalue weighted by Gasteiger charge is -2.30. The number of aryl methyl sites for hydroxylation is 2. The molecule has 5 N–H and O–H groups in total. The van der Waals surface area contributed by atoms with Crippen LogP contribution < -0.4 is 35.4 Å². The summed E-state index contributed by atoms with van der Waals surface area (Å²) in [6.07, 6.45) is 3.49. The van der Waals surface area contributed by atoms with E-state index in [2.05, 4.69) is 69.6 Å². The quantitative estimate of drug-likeness (QED) is 0.0501. The van der Waals surface area contributed by atoms with Gasteiger partial charge < -0.3 is 40.7 Å². The van der Waals surface area contributed by atoms with Crippen LogP contribution in [-0.4, -0.2) is 78.2 Å². The van der Waals surface area contributed by atoms with Gasteiger partial charge in [-0.3, -0.25) is 14.5 Å². The minimum absolute atomic E-state index is 0.00749. The minimum atomic E-state index is -0.592. The minimum Gasteiger partial charge on any atom is -0.506 e. The van der Waals surface area contributed by atoms with E-state index in [1.807, 2.05) is 68.1 Å². The van der Waals surface area contributed by atoms with E-state index in [-0.39, 0.29) is 69.9 Å². The molecule has 5 aromatic carbocycles. The average Bonchev–Trinajstić information content (AvgIpc) is 3.72. The summed E-state index contributed by atoms with van der Waals surface area (Å²) >= 11 is 6.75. The van der Waals surface area contributed by atoms with Gasteiger partial charge in [-0.15, -0.1) is 5.10 Å². The maximum atomic E-state index is 14.8. The number of aromatic nitrogens is 2. The summed E-state index contributed by atoms with van der Waals surface area (Å²) < 4.78 is 7.60. The number of anilines is 7. The predicted octanol–water partition coefficient (Wildman–Crippen LogP) is 12.1. The molecule has 6 aromatic rings. The van der Waals surface area contributed by atoms with Crippen molar-refractivity contribution in [1.82, 2.24) is 9.78 Å². The van der Waals surface area contributed by atoms with Gasteiger partial charge in [0.1, 0.15) is 22.9 Å². The number of halogens is 1. The topological polar surface area (TPSA) is 165 Å². The third-order valence-corrected chi connectivity index (χ3v) is 13.5. The lowest BCUT2D eigenvalue weighted by atomic mass is 9.76. The van der Waals surface area contributed by atoms with E-state index in [0.717, 1.165) is 35.5 Å². The zero-order chi connectivity index (χ0) is 51.8. The number of phenolic OH excluding ortho intramolecular Hbond substituents is 1. The first-order valence-corrected chi connectivity index (χ1v) is 24.5. The van der Waals surface area contributed by atoms with Gasteiger partial charge in [-0.1, -0.05) is 71.3 Å². The third-order valence-electron chi connectivity index (χ3n) is 13.2. The van der Waals surface area contributed by atoms with Gasteiger partial charge in [-0.2, -0.15) is 0 Å². The Bertz CT molecular complexity index is 2830.